The second-order valence-corrected chi connectivity index (χ2v) is 6.03. The van der Waals surface area contributed by atoms with E-state index < -0.39 is 0 Å². The molecule has 3 heterocycles. The first-order valence-electron chi connectivity index (χ1n) is 6.77. The summed E-state index contributed by atoms with van der Waals surface area (Å²) in [5, 5.41) is 3.22. The van der Waals surface area contributed by atoms with Crippen LogP contribution in [-0.2, 0) is 4.79 Å². The van der Waals surface area contributed by atoms with Gasteiger partial charge in [-0.2, -0.15) is 0 Å². The summed E-state index contributed by atoms with van der Waals surface area (Å²) in [6, 6.07) is 3.34. The maximum absolute atomic E-state index is 12.3. The molecule has 1 aromatic heterocycles. The van der Waals surface area contributed by atoms with Gasteiger partial charge in [0.05, 0.1) is 11.7 Å². The van der Waals surface area contributed by atoms with Gasteiger partial charge in [0.2, 0.25) is 11.5 Å². The Hall–Kier alpha value is -1.47. The van der Waals surface area contributed by atoms with Gasteiger partial charge < -0.3 is 14.8 Å². The molecule has 2 fully saturated rings. The maximum Gasteiger partial charge on any atom is 0.248 e. The highest BCUT2D eigenvalue weighted by Gasteiger charge is 2.29. The number of thioether (sulfide) groups is 1. The van der Waals surface area contributed by atoms with Crippen molar-refractivity contribution in [3.63, 3.8) is 0 Å². The zero-order valence-corrected chi connectivity index (χ0v) is 12.0. The minimum atomic E-state index is -0.0904. The molecule has 1 aromatic rings. The number of carbonyl (C=O) groups is 1. The van der Waals surface area contributed by atoms with Gasteiger partial charge in [-0.25, -0.2) is 0 Å². The van der Waals surface area contributed by atoms with Crippen LogP contribution in [0.5, 0.6) is 0 Å². The standard InChI is InChI=1S/C13H18N4O2S/c18-12-2-1-10(7-14-12)16-3-5-17(6-4-16)13(19)11-8-20-9-15-11/h1-2,7,11,15H,3-6,8-9H2,(H,14,18). The third kappa shape index (κ3) is 2.83. The second-order valence-electron chi connectivity index (χ2n) is 5.00. The summed E-state index contributed by atoms with van der Waals surface area (Å²) in [7, 11) is 0. The van der Waals surface area contributed by atoms with Gasteiger partial charge in [-0.1, -0.05) is 0 Å². The molecule has 1 unspecified atom stereocenters. The topological polar surface area (TPSA) is 68.4 Å². The predicted octanol–water partition coefficient (Wildman–Crippen LogP) is -0.314. The molecule has 2 aliphatic rings. The number of amides is 1. The minimum absolute atomic E-state index is 0.0142. The number of piperazine rings is 1. The zero-order chi connectivity index (χ0) is 13.9. The fourth-order valence-electron chi connectivity index (χ4n) is 2.56. The van der Waals surface area contributed by atoms with Crippen LogP contribution < -0.4 is 15.8 Å². The number of carbonyl (C=O) groups excluding carboxylic acids is 1. The van der Waals surface area contributed by atoms with Gasteiger partial charge in [-0.3, -0.25) is 14.9 Å². The van der Waals surface area contributed by atoms with Gasteiger partial charge in [0, 0.05) is 50.1 Å². The van der Waals surface area contributed by atoms with Crippen molar-refractivity contribution in [1.82, 2.24) is 15.2 Å². The maximum atomic E-state index is 12.3. The van der Waals surface area contributed by atoms with Crippen molar-refractivity contribution in [3.05, 3.63) is 28.7 Å². The Balaban J connectivity index is 1.57. The number of hydrogen-bond donors (Lipinski definition) is 2. The van der Waals surface area contributed by atoms with E-state index in [-0.39, 0.29) is 17.5 Å². The second kappa shape index (κ2) is 5.88. The van der Waals surface area contributed by atoms with Gasteiger partial charge >= 0.3 is 0 Å². The largest absolute Gasteiger partial charge is 0.367 e. The molecule has 2 N–H and O–H groups in total. The molecule has 1 amide bonds. The average Bonchev–Trinajstić information content (AvgIpc) is 3.02. The lowest BCUT2D eigenvalue weighted by Crippen LogP contribution is -2.53. The fourth-order valence-corrected chi connectivity index (χ4v) is 3.49. The molecule has 0 aromatic carbocycles. The monoisotopic (exact) mass is 294 g/mol. The number of hydrogen-bond acceptors (Lipinski definition) is 5. The smallest absolute Gasteiger partial charge is 0.248 e. The molecule has 20 heavy (non-hydrogen) atoms. The summed E-state index contributed by atoms with van der Waals surface area (Å²) in [6.07, 6.45) is 1.73. The molecule has 2 saturated heterocycles. The van der Waals surface area contributed by atoms with E-state index in [9.17, 15) is 9.59 Å². The van der Waals surface area contributed by atoms with Crippen molar-refractivity contribution in [3.8, 4) is 0 Å². The van der Waals surface area contributed by atoms with E-state index in [1.807, 2.05) is 11.0 Å². The quantitative estimate of drug-likeness (QED) is 0.783. The number of anilines is 1. The number of aromatic nitrogens is 1. The van der Waals surface area contributed by atoms with E-state index in [2.05, 4.69) is 15.2 Å². The summed E-state index contributed by atoms with van der Waals surface area (Å²) < 4.78 is 0. The molecule has 108 valence electrons. The lowest BCUT2D eigenvalue weighted by atomic mass is 10.2. The molecular formula is C13H18N4O2S. The Labute approximate surface area is 121 Å². The Morgan fingerprint density at radius 2 is 2.05 bits per heavy atom. The molecule has 2 aliphatic heterocycles. The van der Waals surface area contributed by atoms with E-state index in [0.717, 1.165) is 43.5 Å². The predicted molar refractivity (Wildman–Crippen MR) is 80.1 cm³/mol. The Morgan fingerprint density at radius 3 is 2.65 bits per heavy atom. The number of aromatic amines is 1. The Bertz CT molecular complexity index is 513. The zero-order valence-electron chi connectivity index (χ0n) is 11.2. The van der Waals surface area contributed by atoms with Crippen LogP contribution in [0.1, 0.15) is 0 Å². The Kier molecular flexibility index (Phi) is 3.98. The number of nitrogens with zero attached hydrogens (tertiary/aromatic N) is 2. The van der Waals surface area contributed by atoms with E-state index in [4.69, 9.17) is 0 Å². The van der Waals surface area contributed by atoms with Crippen molar-refractivity contribution >= 4 is 23.4 Å². The van der Waals surface area contributed by atoms with Crippen molar-refractivity contribution in [2.24, 2.45) is 0 Å². The van der Waals surface area contributed by atoms with Crippen LogP contribution in [0.4, 0.5) is 5.69 Å². The Morgan fingerprint density at radius 1 is 1.25 bits per heavy atom. The summed E-state index contributed by atoms with van der Waals surface area (Å²) in [4.78, 5) is 30.1. The van der Waals surface area contributed by atoms with Crippen molar-refractivity contribution < 1.29 is 4.79 Å². The molecule has 0 bridgehead atoms. The summed E-state index contributed by atoms with van der Waals surface area (Å²) >= 11 is 1.77. The molecular weight excluding hydrogens is 276 g/mol. The summed E-state index contributed by atoms with van der Waals surface area (Å²) in [5.41, 5.74) is 0.915. The van der Waals surface area contributed by atoms with Crippen LogP contribution in [0, 0.1) is 0 Å². The normalized spacial score (nSPS) is 23.1. The molecule has 0 spiro atoms. The first-order valence-corrected chi connectivity index (χ1v) is 7.93. The molecule has 7 heteroatoms. The number of nitrogens with one attached hydrogen (secondary N) is 2. The van der Waals surface area contributed by atoms with Gasteiger partial charge in [0.25, 0.3) is 0 Å². The lowest BCUT2D eigenvalue weighted by Gasteiger charge is -2.36. The van der Waals surface area contributed by atoms with Gasteiger partial charge in [-0.15, -0.1) is 11.8 Å². The molecule has 6 nitrogen and oxygen atoms in total. The molecule has 1 atom stereocenters. The third-order valence-electron chi connectivity index (χ3n) is 3.74. The molecule has 0 aliphatic carbocycles. The van der Waals surface area contributed by atoms with Crippen LogP contribution >= 0.6 is 11.8 Å². The van der Waals surface area contributed by atoms with Crippen molar-refractivity contribution in [1.29, 1.82) is 0 Å². The molecule has 0 saturated carbocycles. The van der Waals surface area contributed by atoms with Crippen LogP contribution in [0.2, 0.25) is 0 Å². The third-order valence-corrected chi connectivity index (χ3v) is 4.68. The first kappa shape index (κ1) is 13.5. The van der Waals surface area contributed by atoms with E-state index >= 15 is 0 Å². The van der Waals surface area contributed by atoms with Crippen LogP contribution in [0.25, 0.3) is 0 Å². The van der Waals surface area contributed by atoms with Crippen LogP contribution in [-0.4, -0.2) is 59.6 Å². The van der Waals surface area contributed by atoms with Crippen molar-refractivity contribution in [2.75, 3.05) is 42.7 Å². The molecule has 0 radical (unpaired) electrons. The van der Waals surface area contributed by atoms with Crippen molar-refractivity contribution in [2.45, 2.75) is 6.04 Å². The lowest BCUT2D eigenvalue weighted by molar-refractivity contribution is -0.132. The highest BCUT2D eigenvalue weighted by Crippen LogP contribution is 2.16. The van der Waals surface area contributed by atoms with Gasteiger partial charge in [0.15, 0.2) is 0 Å². The van der Waals surface area contributed by atoms with Crippen LogP contribution in [0.3, 0.4) is 0 Å². The first-order chi connectivity index (χ1) is 9.74. The van der Waals surface area contributed by atoms with Gasteiger partial charge in [0.1, 0.15) is 0 Å². The van der Waals surface area contributed by atoms with Gasteiger partial charge in [-0.05, 0) is 6.07 Å². The summed E-state index contributed by atoms with van der Waals surface area (Å²) in [5.74, 6) is 1.96. The average molecular weight is 294 g/mol. The van der Waals surface area contributed by atoms with E-state index in [1.54, 1.807) is 18.0 Å². The molecule has 3 rings (SSSR count). The van der Waals surface area contributed by atoms with E-state index in [0.29, 0.717) is 0 Å². The number of rotatable bonds is 2. The fraction of sp³-hybridized carbons (Fsp3) is 0.538. The summed E-state index contributed by atoms with van der Waals surface area (Å²) in [6.45, 7) is 3.08. The highest BCUT2D eigenvalue weighted by molar-refractivity contribution is 7.99. The van der Waals surface area contributed by atoms with E-state index in [1.165, 1.54) is 6.07 Å². The SMILES string of the molecule is O=C(C1CSCN1)N1CCN(c2ccc(=O)[nH]c2)CC1. The highest BCUT2D eigenvalue weighted by atomic mass is 32.2. The van der Waals surface area contributed by atoms with Crippen LogP contribution in [0.15, 0.2) is 23.1 Å². The minimum Gasteiger partial charge on any atom is -0.367 e. The number of pyridine rings is 1. The number of H-pyrrole nitrogens is 1.